The number of hydrogen-bond donors (Lipinski definition) is 0. The number of hydrogen-bond acceptors (Lipinski definition) is 4. The van der Waals surface area contributed by atoms with Crippen molar-refractivity contribution in [1.29, 1.82) is 0 Å². The fourth-order valence-electron chi connectivity index (χ4n) is 4.73. The van der Waals surface area contributed by atoms with Gasteiger partial charge in [0.05, 0.1) is 6.61 Å². The van der Waals surface area contributed by atoms with E-state index in [-0.39, 0.29) is 0 Å². The Balaban J connectivity index is 1.26. The molecule has 0 spiro atoms. The zero-order valence-electron chi connectivity index (χ0n) is 20.1. The summed E-state index contributed by atoms with van der Waals surface area (Å²) in [6, 6.07) is 17.3. The van der Waals surface area contributed by atoms with Gasteiger partial charge in [0.25, 0.3) is 0 Å². The number of aromatic nitrogens is 2. The third-order valence-corrected chi connectivity index (χ3v) is 7.80. The van der Waals surface area contributed by atoms with Gasteiger partial charge < -0.3 is 4.74 Å². The first-order valence-electron chi connectivity index (χ1n) is 13.0. The van der Waals surface area contributed by atoms with Gasteiger partial charge in [-0.05, 0) is 55.0 Å². The Labute approximate surface area is 203 Å². The number of rotatable bonds is 12. The quantitative estimate of drug-likeness (QED) is 0.252. The van der Waals surface area contributed by atoms with Gasteiger partial charge in [-0.3, -0.25) is 0 Å². The van der Waals surface area contributed by atoms with Gasteiger partial charge in [0.15, 0.2) is 0 Å². The van der Waals surface area contributed by atoms with Crippen molar-refractivity contribution in [3.63, 3.8) is 0 Å². The highest BCUT2D eigenvalue weighted by Crippen LogP contribution is 2.35. The van der Waals surface area contributed by atoms with Gasteiger partial charge in [-0.1, -0.05) is 100 Å². The Hall–Kier alpha value is -2.20. The van der Waals surface area contributed by atoms with Crippen molar-refractivity contribution in [2.75, 3.05) is 6.61 Å². The van der Waals surface area contributed by atoms with Crippen LogP contribution in [-0.4, -0.2) is 16.8 Å². The first-order chi connectivity index (χ1) is 16.3. The van der Waals surface area contributed by atoms with Crippen LogP contribution in [0.15, 0.2) is 48.5 Å². The molecule has 0 radical (unpaired) electrons. The van der Waals surface area contributed by atoms with Crippen LogP contribution in [0.4, 0.5) is 0 Å². The Kier molecular flexibility index (Phi) is 9.35. The molecule has 4 rings (SSSR count). The van der Waals surface area contributed by atoms with E-state index in [2.05, 4.69) is 65.7 Å². The minimum atomic E-state index is 0.740. The number of benzene rings is 2. The molecule has 33 heavy (non-hydrogen) atoms. The lowest BCUT2D eigenvalue weighted by molar-refractivity contribution is 0.304. The van der Waals surface area contributed by atoms with Crippen LogP contribution in [0.25, 0.3) is 21.1 Å². The SMILES string of the molecule is CCCCCCCCCOc1ccc(-c2nnc(-c3ccc(C4CCCCC4)cc3)s2)cc1. The first-order valence-corrected chi connectivity index (χ1v) is 13.8. The fraction of sp³-hybridized carbons (Fsp3) is 0.517. The maximum Gasteiger partial charge on any atom is 0.148 e. The van der Waals surface area contributed by atoms with E-state index in [9.17, 15) is 0 Å². The van der Waals surface area contributed by atoms with Crippen molar-refractivity contribution in [1.82, 2.24) is 10.2 Å². The van der Waals surface area contributed by atoms with Crippen LogP contribution in [0.1, 0.15) is 95.5 Å². The van der Waals surface area contributed by atoms with Crippen molar-refractivity contribution in [3.8, 4) is 26.9 Å². The average molecular weight is 463 g/mol. The highest BCUT2D eigenvalue weighted by atomic mass is 32.1. The summed E-state index contributed by atoms with van der Waals surface area (Å²) in [6.07, 6.45) is 15.9. The summed E-state index contributed by atoms with van der Waals surface area (Å²) < 4.78 is 5.93. The lowest BCUT2D eigenvalue weighted by Crippen LogP contribution is -2.04. The van der Waals surface area contributed by atoms with Crippen molar-refractivity contribution in [2.24, 2.45) is 0 Å². The molecular weight excluding hydrogens is 424 g/mol. The Morgan fingerprint density at radius 1 is 0.727 bits per heavy atom. The lowest BCUT2D eigenvalue weighted by Gasteiger charge is -2.21. The standard InChI is InChI=1S/C29H38N2OS/c1-2-3-4-5-6-7-11-22-32-27-20-18-26(19-21-27)29-31-30-28(33-29)25-16-14-24(15-17-25)23-12-9-8-10-13-23/h14-21,23H,2-13,22H2,1H3. The minimum Gasteiger partial charge on any atom is -0.494 e. The van der Waals surface area contributed by atoms with Crippen LogP contribution in [0.3, 0.4) is 0 Å². The monoisotopic (exact) mass is 462 g/mol. The van der Waals surface area contributed by atoms with E-state index in [0.717, 1.165) is 45.8 Å². The second-order valence-electron chi connectivity index (χ2n) is 9.36. The molecule has 1 saturated carbocycles. The van der Waals surface area contributed by atoms with Crippen molar-refractivity contribution in [3.05, 3.63) is 54.1 Å². The van der Waals surface area contributed by atoms with E-state index in [0.29, 0.717) is 0 Å². The highest BCUT2D eigenvalue weighted by Gasteiger charge is 2.16. The van der Waals surface area contributed by atoms with Crippen LogP contribution in [0, 0.1) is 0 Å². The number of unbranched alkanes of at least 4 members (excludes halogenated alkanes) is 6. The van der Waals surface area contributed by atoms with E-state index in [1.807, 2.05) is 0 Å². The third kappa shape index (κ3) is 7.14. The van der Waals surface area contributed by atoms with E-state index in [1.165, 1.54) is 76.2 Å². The molecule has 1 heterocycles. The predicted octanol–water partition coefficient (Wildman–Crippen LogP) is 9.05. The molecule has 0 amide bonds. The second-order valence-corrected chi connectivity index (χ2v) is 10.3. The van der Waals surface area contributed by atoms with Crippen LogP contribution in [0.2, 0.25) is 0 Å². The Morgan fingerprint density at radius 2 is 1.30 bits per heavy atom. The van der Waals surface area contributed by atoms with Gasteiger partial charge in [-0.25, -0.2) is 0 Å². The summed E-state index contributed by atoms with van der Waals surface area (Å²) in [6.45, 7) is 3.06. The lowest BCUT2D eigenvalue weighted by atomic mass is 9.84. The predicted molar refractivity (Wildman–Crippen MR) is 140 cm³/mol. The van der Waals surface area contributed by atoms with E-state index < -0.39 is 0 Å². The Morgan fingerprint density at radius 3 is 1.94 bits per heavy atom. The molecule has 1 fully saturated rings. The smallest absolute Gasteiger partial charge is 0.148 e. The summed E-state index contributed by atoms with van der Waals surface area (Å²) in [5.41, 5.74) is 3.74. The van der Waals surface area contributed by atoms with Crippen LogP contribution < -0.4 is 4.74 Å². The molecule has 3 aromatic rings. The molecule has 0 N–H and O–H groups in total. The van der Waals surface area contributed by atoms with Crippen LogP contribution >= 0.6 is 11.3 Å². The summed E-state index contributed by atoms with van der Waals surface area (Å²) in [7, 11) is 0. The van der Waals surface area contributed by atoms with Gasteiger partial charge in [-0.15, -0.1) is 10.2 Å². The van der Waals surface area contributed by atoms with Gasteiger partial charge >= 0.3 is 0 Å². The Bertz CT molecular complexity index is 943. The minimum absolute atomic E-state index is 0.740. The van der Waals surface area contributed by atoms with Gasteiger partial charge in [0.1, 0.15) is 15.8 Å². The molecule has 0 bridgehead atoms. The van der Waals surface area contributed by atoms with Crippen molar-refractivity contribution >= 4 is 11.3 Å². The molecule has 0 atom stereocenters. The zero-order chi connectivity index (χ0) is 22.7. The maximum atomic E-state index is 5.93. The normalized spacial score (nSPS) is 14.5. The topological polar surface area (TPSA) is 35.0 Å². The van der Waals surface area contributed by atoms with E-state index in [1.54, 1.807) is 11.3 Å². The zero-order valence-corrected chi connectivity index (χ0v) is 20.9. The first kappa shape index (κ1) is 23.9. The van der Waals surface area contributed by atoms with Gasteiger partial charge in [-0.2, -0.15) is 0 Å². The number of ether oxygens (including phenoxy) is 1. The van der Waals surface area contributed by atoms with Crippen molar-refractivity contribution < 1.29 is 4.74 Å². The molecule has 3 nitrogen and oxygen atoms in total. The summed E-state index contributed by atoms with van der Waals surface area (Å²) in [4.78, 5) is 0. The van der Waals surface area contributed by atoms with Crippen LogP contribution in [0.5, 0.6) is 5.75 Å². The largest absolute Gasteiger partial charge is 0.494 e. The molecule has 176 valence electrons. The molecule has 4 heteroatoms. The molecule has 1 aliphatic carbocycles. The molecule has 0 aliphatic heterocycles. The van der Waals surface area contributed by atoms with E-state index in [4.69, 9.17) is 4.74 Å². The van der Waals surface area contributed by atoms with Gasteiger partial charge in [0.2, 0.25) is 0 Å². The average Bonchev–Trinajstić information content (AvgIpc) is 3.37. The molecule has 0 saturated heterocycles. The summed E-state index contributed by atoms with van der Waals surface area (Å²) in [5, 5.41) is 10.9. The van der Waals surface area contributed by atoms with E-state index >= 15 is 0 Å². The van der Waals surface area contributed by atoms with Crippen LogP contribution in [-0.2, 0) is 0 Å². The molecular formula is C29H38N2OS. The summed E-state index contributed by atoms with van der Waals surface area (Å²) in [5.74, 6) is 1.68. The maximum absolute atomic E-state index is 5.93. The van der Waals surface area contributed by atoms with Crippen molar-refractivity contribution in [2.45, 2.75) is 89.9 Å². The molecule has 2 aromatic carbocycles. The number of nitrogens with zero attached hydrogens (tertiary/aromatic N) is 2. The third-order valence-electron chi connectivity index (χ3n) is 6.78. The van der Waals surface area contributed by atoms with Gasteiger partial charge in [0, 0.05) is 11.1 Å². The molecule has 1 aromatic heterocycles. The second kappa shape index (κ2) is 12.9. The fourth-order valence-corrected chi connectivity index (χ4v) is 5.59. The molecule has 1 aliphatic rings. The molecule has 0 unspecified atom stereocenters. The highest BCUT2D eigenvalue weighted by molar-refractivity contribution is 7.17. The summed E-state index contributed by atoms with van der Waals surface area (Å²) >= 11 is 1.66.